The van der Waals surface area contributed by atoms with E-state index in [0.717, 1.165) is 42.1 Å². The molecule has 2 heterocycles. The van der Waals surface area contributed by atoms with Gasteiger partial charge in [0.1, 0.15) is 0 Å². The second-order valence-electron chi connectivity index (χ2n) is 7.73. The van der Waals surface area contributed by atoms with Crippen LogP contribution in [0.2, 0.25) is 0 Å². The molecular formula is C23H32N4O2S. The van der Waals surface area contributed by atoms with Gasteiger partial charge in [-0.3, -0.25) is 4.79 Å². The van der Waals surface area contributed by atoms with E-state index in [0.29, 0.717) is 26.2 Å². The van der Waals surface area contributed by atoms with Crippen LogP contribution in [0.15, 0.2) is 29.6 Å². The first-order chi connectivity index (χ1) is 14.5. The van der Waals surface area contributed by atoms with Crippen LogP contribution >= 0.6 is 11.3 Å². The van der Waals surface area contributed by atoms with Gasteiger partial charge in [-0.05, 0) is 45.6 Å². The van der Waals surface area contributed by atoms with Crippen molar-refractivity contribution >= 4 is 23.3 Å². The summed E-state index contributed by atoms with van der Waals surface area (Å²) in [6.45, 7) is 9.24. The summed E-state index contributed by atoms with van der Waals surface area (Å²) in [4.78, 5) is 33.4. The number of nitrogens with one attached hydrogen (secondary N) is 1. The van der Waals surface area contributed by atoms with Gasteiger partial charge >= 0.3 is 6.03 Å². The number of rotatable bonds is 7. The topological polar surface area (TPSA) is 65.5 Å². The lowest BCUT2D eigenvalue weighted by Crippen LogP contribution is -2.50. The maximum atomic E-state index is 12.6. The molecule has 1 fully saturated rings. The zero-order chi connectivity index (χ0) is 21.5. The molecular weight excluding hydrogens is 396 g/mol. The Morgan fingerprint density at radius 3 is 2.60 bits per heavy atom. The molecule has 0 aliphatic carbocycles. The van der Waals surface area contributed by atoms with Crippen molar-refractivity contribution in [3.8, 4) is 11.3 Å². The van der Waals surface area contributed by atoms with E-state index in [1.165, 1.54) is 5.56 Å². The van der Waals surface area contributed by atoms with E-state index in [4.69, 9.17) is 0 Å². The lowest BCUT2D eigenvalue weighted by molar-refractivity contribution is -0.126. The summed E-state index contributed by atoms with van der Waals surface area (Å²) in [5.41, 5.74) is 3.32. The summed E-state index contributed by atoms with van der Waals surface area (Å²) in [5, 5.41) is 6.20. The van der Waals surface area contributed by atoms with Crippen molar-refractivity contribution in [2.24, 2.45) is 5.92 Å². The lowest BCUT2D eigenvalue weighted by Gasteiger charge is -2.35. The van der Waals surface area contributed by atoms with Gasteiger partial charge < -0.3 is 15.1 Å². The number of nitrogens with zero attached hydrogens (tertiary/aromatic N) is 3. The molecule has 6 nitrogen and oxygen atoms in total. The molecule has 2 aromatic rings. The average molecular weight is 429 g/mol. The third kappa shape index (κ3) is 5.59. The molecule has 1 atom stereocenters. The van der Waals surface area contributed by atoms with Gasteiger partial charge in [0.05, 0.1) is 16.6 Å². The summed E-state index contributed by atoms with van der Waals surface area (Å²) in [6, 6.07) is 8.42. The number of benzene rings is 1. The maximum absolute atomic E-state index is 12.6. The second-order valence-corrected chi connectivity index (χ2v) is 8.79. The minimum absolute atomic E-state index is 0.0490. The Morgan fingerprint density at radius 2 is 1.97 bits per heavy atom. The van der Waals surface area contributed by atoms with Crippen LogP contribution in [-0.2, 0) is 11.2 Å². The Labute approximate surface area is 183 Å². The second kappa shape index (κ2) is 10.6. The summed E-state index contributed by atoms with van der Waals surface area (Å²) in [6.07, 6.45) is 2.51. The van der Waals surface area contributed by atoms with Gasteiger partial charge in [0, 0.05) is 43.7 Å². The molecule has 7 heteroatoms. The first-order valence-corrected chi connectivity index (χ1v) is 11.7. The zero-order valence-electron chi connectivity index (χ0n) is 18.2. The Balaban J connectivity index is 1.46. The van der Waals surface area contributed by atoms with Crippen LogP contribution in [0.4, 0.5) is 4.79 Å². The van der Waals surface area contributed by atoms with Crippen molar-refractivity contribution in [1.82, 2.24) is 20.1 Å². The molecule has 0 spiro atoms. The molecule has 1 N–H and O–H groups in total. The fourth-order valence-electron chi connectivity index (χ4n) is 3.87. The monoisotopic (exact) mass is 428 g/mol. The molecule has 1 aliphatic heterocycles. The van der Waals surface area contributed by atoms with Crippen molar-refractivity contribution in [2.45, 2.75) is 40.0 Å². The van der Waals surface area contributed by atoms with E-state index in [9.17, 15) is 9.59 Å². The molecule has 1 aromatic carbocycles. The van der Waals surface area contributed by atoms with Gasteiger partial charge in [-0.2, -0.15) is 0 Å². The molecule has 162 valence electrons. The first-order valence-electron chi connectivity index (χ1n) is 10.8. The highest BCUT2D eigenvalue weighted by atomic mass is 32.1. The number of aryl methyl sites for hydroxylation is 1. The molecule has 3 amide bonds. The molecule has 30 heavy (non-hydrogen) atoms. The minimum atomic E-state index is -0.117. The standard InChI is InChI=1S/C23H32N4O2S/c1-4-26(5-2)23(29)27-14-6-7-20(15-27)22(28)24-13-12-18-8-10-19(11-9-18)21-16-30-17(3)25-21/h8-11,16,20H,4-7,12-15H2,1-3H3,(H,24,28). The number of hydrogen-bond donors (Lipinski definition) is 1. The number of amides is 3. The van der Waals surface area contributed by atoms with Crippen LogP contribution in [0, 0.1) is 12.8 Å². The number of piperidine rings is 1. The van der Waals surface area contributed by atoms with Crippen LogP contribution in [0.3, 0.4) is 0 Å². The summed E-state index contributed by atoms with van der Waals surface area (Å²) >= 11 is 1.65. The number of likely N-dealkylation sites (tertiary alicyclic amines) is 1. The summed E-state index contributed by atoms with van der Waals surface area (Å²) < 4.78 is 0. The van der Waals surface area contributed by atoms with Gasteiger partial charge in [0.25, 0.3) is 0 Å². The molecule has 1 saturated heterocycles. The average Bonchev–Trinajstić information content (AvgIpc) is 3.21. The fraction of sp³-hybridized carbons (Fsp3) is 0.522. The summed E-state index contributed by atoms with van der Waals surface area (Å²) in [7, 11) is 0. The van der Waals surface area contributed by atoms with Crippen LogP contribution in [-0.4, -0.2) is 59.4 Å². The Bertz CT molecular complexity index is 845. The fourth-order valence-corrected chi connectivity index (χ4v) is 4.49. The maximum Gasteiger partial charge on any atom is 0.320 e. The predicted octanol–water partition coefficient (Wildman–Crippen LogP) is 3.95. The van der Waals surface area contributed by atoms with Crippen LogP contribution in [0.25, 0.3) is 11.3 Å². The number of carbonyl (C=O) groups excluding carboxylic acids is 2. The third-order valence-electron chi connectivity index (χ3n) is 5.68. The molecule has 1 aromatic heterocycles. The van der Waals surface area contributed by atoms with E-state index >= 15 is 0 Å². The first kappa shape index (κ1) is 22.3. The van der Waals surface area contributed by atoms with Crippen molar-refractivity contribution in [3.05, 3.63) is 40.2 Å². The minimum Gasteiger partial charge on any atom is -0.355 e. The number of urea groups is 1. The Kier molecular flexibility index (Phi) is 7.85. The highest BCUT2D eigenvalue weighted by Crippen LogP contribution is 2.22. The van der Waals surface area contributed by atoms with Gasteiger partial charge in [-0.1, -0.05) is 24.3 Å². The van der Waals surface area contributed by atoms with Crippen LogP contribution < -0.4 is 5.32 Å². The van der Waals surface area contributed by atoms with Crippen LogP contribution in [0.1, 0.15) is 37.3 Å². The smallest absolute Gasteiger partial charge is 0.320 e. The largest absolute Gasteiger partial charge is 0.355 e. The number of thiazole rings is 1. The van der Waals surface area contributed by atoms with Crippen LogP contribution in [0.5, 0.6) is 0 Å². The quantitative estimate of drug-likeness (QED) is 0.726. The van der Waals surface area contributed by atoms with E-state index in [1.807, 2.05) is 30.6 Å². The zero-order valence-corrected chi connectivity index (χ0v) is 19.0. The van der Waals surface area contributed by atoms with Crippen molar-refractivity contribution in [3.63, 3.8) is 0 Å². The predicted molar refractivity (Wildman–Crippen MR) is 122 cm³/mol. The molecule has 1 aliphatic rings. The van der Waals surface area contributed by atoms with Gasteiger partial charge in [-0.25, -0.2) is 9.78 Å². The summed E-state index contributed by atoms with van der Waals surface area (Å²) in [5.74, 6) is -0.0600. The number of hydrogen-bond acceptors (Lipinski definition) is 4. The highest BCUT2D eigenvalue weighted by molar-refractivity contribution is 7.09. The van der Waals surface area contributed by atoms with Crippen molar-refractivity contribution in [2.75, 3.05) is 32.7 Å². The number of aromatic nitrogens is 1. The lowest BCUT2D eigenvalue weighted by atomic mass is 9.97. The third-order valence-corrected chi connectivity index (χ3v) is 6.45. The van der Waals surface area contributed by atoms with E-state index in [1.54, 1.807) is 11.3 Å². The number of carbonyl (C=O) groups is 2. The normalized spacial score (nSPS) is 16.4. The molecule has 0 radical (unpaired) electrons. The highest BCUT2D eigenvalue weighted by Gasteiger charge is 2.29. The van der Waals surface area contributed by atoms with Gasteiger partial charge in [0.2, 0.25) is 5.91 Å². The van der Waals surface area contributed by atoms with Gasteiger partial charge in [0.15, 0.2) is 0 Å². The van der Waals surface area contributed by atoms with E-state index < -0.39 is 0 Å². The van der Waals surface area contributed by atoms with Crippen molar-refractivity contribution in [1.29, 1.82) is 0 Å². The molecule has 1 unspecified atom stereocenters. The van der Waals surface area contributed by atoms with E-state index in [-0.39, 0.29) is 17.9 Å². The molecule has 0 bridgehead atoms. The van der Waals surface area contributed by atoms with E-state index in [2.05, 4.69) is 39.9 Å². The molecule has 3 rings (SSSR count). The van der Waals surface area contributed by atoms with Crippen molar-refractivity contribution < 1.29 is 9.59 Å². The van der Waals surface area contributed by atoms with Gasteiger partial charge in [-0.15, -0.1) is 11.3 Å². The Morgan fingerprint density at radius 1 is 1.23 bits per heavy atom. The SMILES string of the molecule is CCN(CC)C(=O)N1CCCC(C(=O)NCCc2ccc(-c3csc(C)n3)cc2)C1. The Hall–Kier alpha value is -2.41. The molecule has 0 saturated carbocycles.